The van der Waals surface area contributed by atoms with Crippen molar-refractivity contribution in [1.29, 1.82) is 0 Å². The number of halogens is 6. The molecule has 2 unspecified atom stereocenters. The van der Waals surface area contributed by atoms with Gasteiger partial charge in [-0.1, -0.05) is 0 Å². The number of alkyl halides is 6. The second-order valence-electron chi connectivity index (χ2n) is 3.71. The molecule has 2 atom stereocenters. The van der Waals surface area contributed by atoms with Crippen LogP contribution in [0.25, 0.3) is 0 Å². The zero-order valence-electron chi connectivity index (χ0n) is 10.9. The highest BCUT2D eigenvalue weighted by Crippen LogP contribution is 2.20. The Hall–Kier alpha value is -0.580. The SMILES string of the molecule is COC(COC(F)(F)CF)C(COC(F)(F)CF)OC. The van der Waals surface area contributed by atoms with Crippen molar-refractivity contribution in [2.45, 2.75) is 24.4 Å². The van der Waals surface area contributed by atoms with Crippen LogP contribution in [0.4, 0.5) is 26.3 Å². The first-order chi connectivity index (χ1) is 9.21. The van der Waals surface area contributed by atoms with E-state index in [2.05, 4.69) is 9.47 Å². The van der Waals surface area contributed by atoms with Gasteiger partial charge in [0.2, 0.25) is 0 Å². The van der Waals surface area contributed by atoms with E-state index in [1.165, 1.54) is 0 Å². The third-order valence-corrected chi connectivity index (χ3v) is 2.25. The largest absolute Gasteiger partial charge is 0.384 e. The van der Waals surface area contributed by atoms with Gasteiger partial charge in [0.05, 0.1) is 13.2 Å². The van der Waals surface area contributed by atoms with Crippen LogP contribution in [-0.4, -0.2) is 65.2 Å². The van der Waals surface area contributed by atoms with Gasteiger partial charge in [0, 0.05) is 14.2 Å². The molecule has 4 nitrogen and oxygen atoms in total. The third-order valence-electron chi connectivity index (χ3n) is 2.25. The molecule has 0 fully saturated rings. The number of hydrogen-bond acceptors (Lipinski definition) is 4. The van der Waals surface area contributed by atoms with Crippen molar-refractivity contribution in [3.63, 3.8) is 0 Å². The van der Waals surface area contributed by atoms with E-state index in [0.717, 1.165) is 14.2 Å². The minimum atomic E-state index is -4.02. The quantitative estimate of drug-likeness (QED) is 0.548. The topological polar surface area (TPSA) is 36.9 Å². The Bertz CT molecular complexity index is 240. The highest BCUT2D eigenvalue weighted by Gasteiger charge is 2.36. The fraction of sp³-hybridized carbons (Fsp3) is 1.00. The molecule has 0 heterocycles. The standard InChI is InChI=1S/C10H16F6O4/c1-17-7(3-19-9(13,14)5-11)8(18-2)4-20-10(15,16)6-12/h7-8H,3-6H2,1-2H3. The molecule has 0 spiro atoms. The molecule has 0 aromatic carbocycles. The van der Waals surface area contributed by atoms with E-state index in [4.69, 9.17) is 9.47 Å². The van der Waals surface area contributed by atoms with Gasteiger partial charge in [-0.25, -0.2) is 8.78 Å². The van der Waals surface area contributed by atoms with E-state index < -0.39 is 51.0 Å². The molecule has 122 valence electrons. The Labute approximate surface area is 111 Å². The third kappa shape index (κ3) is 7.27. The maximum atomic E-state index is 12.6. The summed E-state index contributed by atoms with van der Waals surface area (Å²) in [6, 6.07) is 0. The van der Waals surface area contributed by atoms with Gasteiger partial charge in [0.25, 0.3) is 0 Å². The van der Waals surface area contributed by atoms with Gasteiger partial charge < -0.3 is 18.9 Å². The first-order valence-corrected chi connectivity index (χ1v) is 5.42. The molecule has 0 amide bonds. The highest BCUT2D eigenvalue weighted by atomic mass is 19.3. The highest BCUT2D eigenvalue weighted by molar-refractivity contribution is 4.71. The minimum absolute atomic E-state index is 0.823. The van der Waals surface area contributed by atoms with Gasteiger partial charge >= 0.3 is 12.2 Å². The Balaban J connectivity index is 4.43. The van der Waals surface area contributed by atoms with Crippen molar-refractivity contribution in [3.05, 3.63) is 0 Å². The van der Waals surface area contributed by atoms with Crippen LogP contribution in [0.15, 0.2) is 0 Å². The van der Waals surface area contributed by atoms with Gasteiger partial charge in [-0.2, -0.15) is 17.6 Å². The van der Waals surface area contributed by atoms with E-state index in [1.54, 1.807) is 0 Å². The van der Waals surface area contributed by atoms with Crippen molar-refractivity contribution in [1.82, 2.24) is 0 Å². The van der Waals surface area contributed by atoms with Gasteiger partial charge in [-0.05, 0) is 0 Å². The summed E-state index contributed by atoms with van der Waals surface area (Å²) >= 11 is 0. The molecule has 0 saturated carbocycles. The minimum Gasteiger partial charge on any atom is -0.376 e. The van der Waals surface area contributed by atoms with Crippen LogP contribution in [0.2, 0.25) is 0 Å². The average molecular weight is 314 g/mol. The number of methoxy groups -OCH3 is 2. The molecule has 0 aliphatic rings. The van der Waals surface area contributed by atoms with Crippen LogP contribution in [0, 0.1) is 0 Å². The molecule has 0 aromatic heterocycles. The lowest BCUT2D eigenvalue weighted by Crippen LogP contribution is -2.42. The van der Waals surface area contributed by atoms with Gasteiger partial charge in [-0.15, -0.1) is 0 Å². The second kappa shape index (κ2) is 8.65. The molecule has 0 N–H and O–H groups in total. The summed E-state index contributed by atoms with van der Waals surface area (Å²) in [6.45, 7) is -5.73. The normalized spacial score (nSPS) is 16.2. The maximum Gasteiger partial charge on any atom is 0.384 e. The molecule has 0 rings (SSSR count). The summed E-state index contributed by atoms with van der Waals surface area (Å²) in [5.74, 6) is 0. The Morgan fingerprint density at radius 1 is 0.750 bits per heavy atom. The number of hydrogen-bond donors (Lipinski definition) is 0. The van der Waals surface area contributed by atoms with E-state index in [1.807, 2.05) is 0 Å². The second-order valence-corrected chi connectivity index (χ2v) is 3.71. The first kappa shape index (κ1) is 19.4. The number of rotatable bonds is 11. The molecular weight excluding hydrogens is 298 g/mol. The van der Waals surface area contributed by atoms with Crippen LogP contribution in [-0.2, 0) is 18.9 Å². The molecule has 0 aliphatic heterocycles. The first-order valence-electron chi connectivity index (χ1n) is 5.42. The van der Waals surface area contributed by atoms with Crippen molar-refractivity contribution in [3.8, 4) is 0 Å². The van der Waals surface area contributed by atoms with E-state index in [9.17, 15) is 26.3 Å². The van der Waals surface area contributed by atoms with Gasteiger partial charge in [-0.3, -0.25) is 0 Å². The summed E-state index contributed by atoms with van der Waals surface area (Å²) in [5, 5.41) is 0. The molecule has 0 radical (unpaired) electrons. The summed E-state index contributed by atoms with van der Waals surface area (Å²) in [5.41, 5.74) is 0. The van der Waals surface area contributed by atoms with Crippen molar-refractivity contribution < 1.29 is 45.3 Å². The maximum absolute atomic E-state index is 12.6. The summed E-state index contributed by atoms with van der Waals surface area (Å²) in [7, 11) is 2.17. The Morgan fingerprint density at radius 3 is 1.25 bits per heavy atom. The van der Waals surface area contributed by atoms with Crippen LogP contribution >= 0.6 is 0 Å². The monoisotopic (exact) mass is 314 g/mol. The smallest absolute Gasteiger partial charge is 0.376 e. The van der Waals surface area contributed by atoms with Gasteiger partial charge in [0.1, 0.15) is 12.2 Å². The fourth-order valence-corrected chi connectivity index (χ4v) is 1.14. The molecule has 0 bridgehead atoms. The molecule has 0 aromatic rings. The van der Waals surface area contributed by atoms with Crippen LogP contribution in [0.5, 0.6) is 0 Å². The summed E-state index contributed by atoms with van der Waals surface area (Å²) in [6.07, 6.45) is -10.5. The Kier molecular flexibility index (Phi) is 8.40. The van der Waals surface area contributed by atoms with Crippen LogP contribution in [0.1, 0.15) is 0 Å². The van der Waals surface area contributed by atoms with Crippen molar-refractivity contribution in [2.24, 2.45) is 0 Å². The van der Waals surface area contributed by atoms with E-state index in [0.29, 0.717) is 0 Å². The zero-order chi connectivity index (χ0) is 15.8. The lowest BCUT2D eigenvalue weighted by molar-refractivity contribution is -0.278. The summed E-state index contributed by atoms with van der Waals surface area (Å²) < 4.78 is 91.2. The van der Waals surface area contributed by atoms with Crippen molar-refractivity contribution in [2.75, 3.05) is 40.8 Å². The lowest BCUT2D eigenvalue weighted by atomic mass is 10.2. The predicted molar refractivity (Wildman–Crippen MR) is 55.3 cm³/mol. The zero-order valence-corrected chi connectivity index (χ0v) is 10.9. The van der Waals surface area contributed by atoms with Crippen LogP contribution < -0.4 is 0 Å². The van der Waals surface area contributed by atoms with Crippen molar-refractivity contribution >= 4 is 0 Å². The lowest BCUT2D eigenvalue weighted by Gasteiger charge is -2.27. The Morgan fingerprint density at radius 2 is 1.05 bits per heavy atom. The predicted octanol–water partition coefficient (Wildman–Crippen LogP) is 2.17. The summed E-state index contributed by atoms with van der Waals surface area (Å²) in [4.78, 5) is 0. The molecule has 0 aliphatic carbocycles. The van der Waals surface area contributed by atoms with E-state index in [-0.39, 0.29) is 0 Å². The van der Waals surface area contributed by atoms with E-state index >= 15 is 0 Å². The van der Waals surface area contributed by atoms with Gasteiger partial charge in [0.15, 0.2) is 13.3 Å². The average Bonchev–Trinajstić information content (AvgIpc) is 2.42. The molecular formula is C10H16F6O4. The number of ether oxygens (including phenoxy) is 4. The molecule has 0 saturated heterocycles. The van der Waals surface area contributed by atoms with Crippen LogP contribution in [0.3, 0.4) is 0 Å². The fourth-order valence-electron chi connectivity index (χ4n) is 1.14. The molecule has 10 heteroatoms. The molecule has 20 heavy (non-hydrogen) atoms.